The second-order valence-electron chi connectivity index (χ2n) is 6.73. The van der Waals surface area contributed by atoms with E-state index >= 15 is 0 Å². The van der Waals surface area contributed by atoms with Crippen molar-refractivity contribution in [2.75, 3.05) is 24.6 Å². The predicted molar refractivity (Wildman–Crippen MR) is 105 cm³/mol. The molecule has 30 heavy (non-hydrogen) atoms. The first-order valence-corrected chi connectivity index (χ1v) is 9.43. The lowest BCUT2D eigenvalue weighted by Gasteiger charge is -2.35. The molecule has 0 bridgehead atoms. The summed E-state index contributed by atoms with van der Waals surface area (Å²) in [5, 5.41) is 0.211. The van der Waals surface area contributed by atoms with Crippen molar-refractivity contribution < 1.29 is 17.9 Å². The minimum absolute atomic E-state index is 0.105. The maximum Gasteiger partial charge on any atom is 0.291 e. The van der Waals surface area contributed by atoms with E-state index in [2.05, 4.69) is 9.97 Å². The smallest absolute Gasteiger partial charge is 0.291 e. The summed E-state index contributed by atoms with van der Waals surface area (Å²) in [7, 11) is 1.36. The van der Waals surface area contributed by atoms with Crippen molar-refractivity contribution in [2.24, 2.45) is 7.05 Å². The quantitative estimate of drug-likeness (QED) is 0.629. The van der Waals surface area contributed by atoms with Crippen LogP contribution in [0.4, 0.5) is 19.1 Å². The molecule has 1 atom stereocenters. The van der Waals surface area contributed by atoms with Crippen LogP contribution in [0.15, 0.2) is 41.5 Å². The predicted octanol–water partition coefficient (Wildman–Crippen LogP) is 3.49. The minimum Gasteiger partial charge on any atom is -0.370 e. The van der Waals surface area contributed by atoms with E-state index in [1.165, 1.54) is 31.4 Å². The molecule has 2 aromatic heterocycles. The summed E-state index contributed by atoms with van der Waals surface area (Å²) >= 11 is 6.15. The maximum atomic E-state index is 14.6. The highest BCUT2D eigenvalue weighted by Crippen LogP contribution is 2.32. The number of halogens is 4. The van der Waals surface area contributed by atoms with Gasteiger partial charge in [0.15, 0.2) is 5.82 Å². The van der Waals surface area contributed by atoms with Gasteiger partial charge in [-0.2, -0.15) is 4.39 Å². The molecule has 0 N–H and O–H groups in total. The Morgan fingerprint density at radius 3 is 2.73 bits per heavy atom. The zero-order valence-corrected chi connectivity index (χ0v) is 16.5. The van der Waals surface area contributed by atoms with Crippen molar-refractivity contribution >= 4 is 17.5 Å². The van der Waals surface area contributed by atoms with Crippen LogP contribution in [0.25, 0.3) is 11.3 Å². The highest BCUT2D eigenvalue weighted by atomic mass is 35.5. The van der Waals surface area contributed by atoms with Gasteiger partial charge in [0, 0.05) is 35.9 Å². The molecular formula is C20H16ClF3N4O2. The van der Waals surface area contributed by atoms with Crippen LogP contribution in [0.5, 0.6) is 0 Å². The van der Waals surface area contributed by atoms with E-state index < -0.39 is 34.8 Å². The Kier molecular flexibility index (Phi) is 5.48. The fourth-order valence-electron chi connectivity index (χ4n) is 3.42. The molecule has 156 valence electrons. The Morgan fingerprint density at radius 1 is 1.20 bits per heavy atom. The summed E-state index contributed by atoms with van der Waals surface area (Å²) in [6.45, 7) is 0.624. The van der Waals surface area contributed by atoms with Gasteiger partial charge < -0.3 is 9.64 Å². The van der Waals surface area contributed by atoms with Gasteiger partial charge in [-0.25, -0.2) is 13.8 Å². The molecule has 0 amide bonds. The Bertz CT molecular complexity index is 1150. The number of pyridine rings is 1. The topological polar surface area (TPSA) is 60.2 Å². The van der Waals surface area contributed by atoms with Crippen LogP contribution in [0.2, 0.25) is 5.02 Å². The van der Waals surface area contributed by atoms with Gasteiger partial charge >= 0.3 is 0 Å². The largest absolute Gasteiger partial charge is 0.370 e. The summed E-state index contributed by atoms with van der Waals surface area (Å²) in [6, 6.07) is 5.56. The van der Waals surface area contributed by atoms with Crippen molar-refractivity contribution in [2.45, 2.75) is 6.10 Å². The summed E-state index contributed by atoms with van der Waals surface area (Å²) in [5.41, 5.74) is -1.36. The van der Waals surface area contributed by atoms with Gasteiger partial charge in [0.1, 0.15) is 17.6 Å². The molecule has 4 rings (SSSR count). The number of aromatic nitrogens is 3. The van der Waals surface area contributed by atoms with E-state index in [1.807, 2.05) is 0 Å². The van der Waals surface area contributed by atoms with Gasteiger partial charge in [-0.05, 0) is 18.2 Å². The number of ether oxygens (including phenoxy) is 1. The number of morpholine rings is 1. The van der Waals surface area contributed by atoms with Crippen molar-refractivity contribution in [1.82, 2.24) is 14.5 Å². The van der Waals surface area contributed by atoms with Crippen LogP contribution < -0.4 is 10.5 Å². The van der Waals surface area contributed by atoms with Gasteiger partial charge in [-0.3, -0.25) is 14.3 Å². The Morgan fingerprint density at radius 2 is 2.00 bits per heavy atom. The van der Waals surface area contributed by atoms with E-state index in [4.69, 9.17) is 16.3 Å². The zero-order chi connectivity index (χ0) is 21.4. The lowest BCUT2D eigenvalue weighted by molar-refractivity contribution is 0.0368. The fraction of sp³-hybridized carbons (Fsp3) is 0.250. The molecular weight excluding hydrogens is 421 g/mol. The third kappa shape index (κ3) is 3.54. The number of hydrogen-bond donors (Lipinski definition) is 0. The number of rotatable bonds is 3. The van der Waals surface area contributed by atoms with Crippen LogP contribution in [0, 0.1) is 17.5 Å². The number of nitrogens with zero attached hydrogens (tertiary/aromatic N) is 4. The fourth-order valence-corrected chi connectivity index (χ4v) is 3.70. The second kappa shape index (κ2) is 8.08. The molecule has 0 saturated carbocycles. The highest BCUT2D eigenvalue weighted by Gasteiger charge is 2.29. The summed E-state index contributed by atoms with van der Waals surface area (Å²) < 4.78 is 49.8. The normalized spacial score (nSPS) is 16.7. The van der Waals surface area contributed by atoms with Crippen LogP contribution >= 0.6 is 11.6 Å². The van der Waals surface area contributed by atoms with E-state index in [0.29, 0.717) is 6.54 Å². The standard InChI is InChI=1S/C20H16ClF3N4O2/c1-27-19(29)17(24)18(11-5-6-25-9-14(11)23)26-20(27)28-7-8-30-15(10-28)16-12(21)3-2-4-13(16)22/h2-6,9,15H,7-8,10H2,1H3/t15-/m1/s1. The average Bonchev–Trinajstić information content (AvgIpc) is 2.73. The molecule has 1 aliphatic rings. The van der Waals surface area contributed by atoms with E-state index in [1.54, 1.807) is 11.0 Å². The molecule has 0 radical (unpaired) electrons. The second-order valence-corrected chi connectivity index (χ2v) is 7.14. The van der Waals surface area contributed by atoms with Crippen LogP contribution in [-0.4, -0.2) is 34.2 Å². The van der Waals surface area contributed by atoms with Crippen LogP contribution in [0.3, 0.4) is 0 Å². The van der Waals surface area contributed by atoms with E-state index in [0.717, 1.165) is 10.8 Å². The Hall–Kier alpha value is -2.91. The van der Waals surface area contributed by atoms with Crippen LogP contribution in [-0.2, 0) is 11.8 Å². The monoisotopic (exact) mass is 436 g/mol. The molecule has 10 heteroatoms. The molecule has 1 aliphatic heterocycles. The van der Waals surface area contributed by atoms with E-state index in [-0.39, 0.29) is 35.2 Å². The van der Waals surface area contributed by atoms with Crippen molar-refractivity contribution in [3.05, 3.63) is 75.1 Å². The molecule has 1 aromatic carbocycles. The minimum atomic E-state index is -1.17. The molecule has 0 unspecified atom stereocenters. The summed E-state index contributed by atoms with van der Waals surface area (Å²) in [6.07, 6.45) is 1.47. The summed E-state index contributed by atoms with van der Waals surface area (Å²) in [4.78, 5) is 22.0. The first kappa shape index (κ1) is 20.4. The molecule has 1 saturated heterocycles. The number of benzene rings is 1. The van der Waals surface area contributed by atoms with Gasteiger partial charge in [0.2, 0.25) is 11.8 Å². The van der Waals surface area contributed by atoms with Gasteiger partial charge in [0.05, 0.1) is 19.3 Å². The maximum absolute atomic E-state index is 14.6. The third-order valence-corrected chi connectivity index (χ3v) is 5.24. The molecule has 3 aromatic rings. The van der Waals surface area contributed by atoms with Crippen LogP contribution in [0.1, 0.15) is 11.7 Å². The number of anilines is 1. The zero-order valence-electron chi connectivity index (χ0n) is 15.8. The molecule has 1 fully saturated rings. The van der Waals surface area contributed by atoms with E-state index in [9.17, 15) is 18.0 Å². The van der Waals surface area contributed by atoms with Gasteiger partial charge in [0.25, 0.3) is 5.56 Å². The molecule has 0 spiro atoms. The lowest BCUT2D eigenvalue weighted by atomic mass is 10.1. The van der Waals surface area contributed by atoms with Gasteiger partial charge in [-0.15, -0.1) is 0 Å². The molecule has 3 heterocycles. The SMILES string of the molecule is Cn1c(N2CCO[C@@H](c3c(F)cccc3Cl)C2)nc(-c2ccncc2F)c(F)c1=O. The lowest BCUT2D eigenvalue weighted by Crippen LogP contribution is -2.42. The molecule has 6 nitrogen and oxygen atoms in total. The Labute approximate surface area is 174 Å². The third-order valence-electron chi connectivity index (χ3n) is 4.91. The summed E-state index contributed by atoms with van der Waals surface area (Å²) in [5.74, 6) is -2.39. The first-order valence-electron chi connectivity index (χ1n) is 9.05. The molecule has 0 aliphatic carbocycles. The highest BCUT2D eigenvalue weighted by molar-refractivity contribution is 6.31. The van der Waals surface area contributed by atoms with Crippen molar-refractivity contribution in [3.63, 3.8) is 0 Å². The van der Waals surface area contributed by atoms with Gasteiger partial charge in [-0.1, -0.05) is 17.7 Å². The number of hydrogen-bond acceptors (Lipinski definition) is 5. The Balaban J connectivity index is 1.77. The van der Waals surface area contributed by atoms with Crippen molar-refractivity contribution in [1.29, 1.82) is 0 Å². The first-order chi connectivity index (χ1) is 14.4. The van der Waals surface area contributed by atoms with Crippen molar-refractivity contribution in [3.8, 4) is 11.3 Å². The average molecular weight is 437 g/mol.